The molecule has 0 saturated heterocycles. The zero-order valence-electron chi connectivity index (χ0n) is 7.78. The minimum absolute atomic E-state index is 0.847. The second kappa shape index (κ2) is 6.53. The van der Waals surface area contributed by atoms with E-state index in [0.29, 0.717) is 0 Å². The van der Waals surface area contributed by atoms with Crippen LogP contribution < -0.4 is 0 Å². The molecule has 2 aromatic heterocycles. The molecule has 6 nitrogen and oxygen atoms in total. The van der Waals surface area contributed by atoms with Crippen LogP contribution in [0.1, 0.15) is 12.7 Å². The molecule has 0 spiro atoms. The topological polar surface area (TPSA) is 77.3 Å². The maximum absolute atomic E-state index is 3.88. The molecule has 0 atom stereocenters. The van der Waals surface area contributed by atoms with E-state index in [1.165, 1.54) is 12.7 Å². The molecule has 14 heavy (non-hydrogen) atoms. The average Bonchev–Trinajstić information content (AvgIpc) is 2.33. The first-order valence-electron chi connectivity index (χ1n) is 4.12. The summed E-state index contributed by atoms with van der Waals surface area (Å²) in [7, 11) is 0. The van der Waals surface area contributed by atoms with Gasteiger partial charge in [-0.2, -0.15) is 0 Å². The summed E-state index contributed by atoms with van der Waals surface area (Å²) in [6.45, 7) is 2.01. The molecular formula is C8H10N6. The fourth-order valence-corrected chi connectivity index (χ4v) is 0.651. The third kappa shape index (κ3) is 4.15. The van der Waals surface area contributed by atoms with Gasteiger partial charge in [0.25, 0.3) is 0 Å². The maximum Gasteiger partial charge on any atom is 0.131 e. The maximum atomic E-state index is 3.88. The highest BCUT2D eigenvalue weighted by molar-refractivity contribution is 4.78. The van der Waals surface area contributed by atoms with Gasteiger partial charge >= 0.3 is 0 Å². The molecule has 0 aromatic carbocycles. The van der Waals surface area contributed by atoms with Crippen LogP contribution in [0.2, 0.25) is 0 Å². The molecule has 2 rings (SSSR count). The summed E-state index contributed by atoms with van der Waals surface area (Å²) in [4.78, 5) is 11.4. The third-order valence-electron chi connectivity index (χ3n) is 1.27. The number of rotatable bonds is 1. The van der Waals surface area contributed by atoms with Gasteiger partial charge in [-0.1, -0.05) is 6.92 Å². The summed E-state index contributed by atoms with van der Waals surface area (Å²) >= 11 is 0. The number of aryl methyl sites for hydroxylation is 1. The molecule has 72 valence electrons. The van der Waals surface area contributed by atoms with Gasteiger partial charge in [-0.05, 0) is 11.3 Å². The molecule has 0 amide bonds. The Morgan fingerprint density at radius 3 is 2.00 bits per heavy atom. The normalized spacial score (nSPS) is 8.64. The van der Waals surface area contributed by atoms with Crippen molar-refractivity contribution in [1.82, 2.24) is 30.4 Å². The zero-order valence-corrected chi connectivity index (χ0v) is 7.78. The van der Waals surface area contributed by atoms with E-state index in [4.69, 9.17) is 0 Å². The van der Waals surface area contributed by atoms with Crippen molar-refractivity contribution in [2.24, 2.45) is 0 Å². The number of aromatic nitrogens is 6. The first kappa shape index (κ1) is 10.1. The van der Waals surface area contributed by atoms with E-state index < -0.39 is 0 Å². The lowest BCUT2D eigenvalue weighted by Crippen LogP contribution is -1.90. The fraction of sp³-hybridized carbons (Fsp3) is 0.250. The minimum Gasteiger partial charge on any atom is -0.225 e. The first-order valence-corrected chi connectivity index (χ1v) is 4.12. The van der Waals surface area contributed by atoms with Gasteiger partial charge in [0.2, 0.25) is 0 Å². The lowest BCUT2D eigenvalue weighted by atomic mass is 10.5. The second-order valence-corrected chi connectivity index (χ2v) is 2.22. The third-order valence-corrected chi connectivity index (χ3v) is 1.27. The van der Waals surface area contributed by atoms with Gasteiger partial charge in [-0.15, -0.1) is 10.2 Å². The van der Waals surface area contributed by atoms with Gasteiger partial charge in [0.05, 0.1) is 12.4 Å². The quantitative estimate of drug-likeness (QED) is 0.643. The van der Waals surface area contributed by atoms with Gasteiger partial charge < -0.3 is 0 Å². The van der Waals surface area contributed by atoms with Gasteiger partial charge in [-0.3, -0.25) is 0 Å². The minimum atomic E-state index is 0.847. The summed E-state index contributed by atoms with van der Waals surface area (Å²) in [5.41, 5.74) is 0. The Bertz CT molecular complexity index is 297. The van der Waals surface area contributed by atoms with E-state index in [9.17, 15) is 0 Å². The van der Waals surface area contributed by atoms with E-state index in [0.717, 1.165) is 12.2 Å². The van der Waals surface area contributed by atoms with Crippen LogP contribution in [0.15, 0.2) is 31.1 Å². The van der Waals surface area contributed by atoms with Crippen molar-refractivity contribution < 1.29 is 0 Å². The van der Waals surface area contributed by atoms with E-state index >= 15 is 0 Å². The molecule has 0 unspecified atom stereocenters. The predicted molar refractivity (Wildman–Crippen MR) is 49.0 cm³/mol. The molecule has 2 aromatic rings. The van der Waals surface area contributed by atoms with Crippen LogP contribution in [0.5, 0.6) is 0 Å². The van der Waals surface area contributed by atoms with Crippen LogP contribution >= 0.6 is 0 Å². The molecule has 0 radical (unpaired) electrons. The Balaban J connectivity index is 0.000000146. The van der Waals surface area contributed by atoms with Crippen molar-refractivity contribution in [3.05, 3.63) is 36.9 Å². The van der Waals surface area contributed by atoms with Crippen molar-refractivity contribution in [2.45, 2.75) is 13.3 Å². The number of nitrogens with zero attached hydrogens (tertiary/aromatic N) is 6. The van der Waals surface area contributed by atoms with Gasteiger partial charge in [-0.25, -0.2) is 15.0 Å². The van der Waals surface area contributed by atoms with Gasteiger partial charge in [0.15, 0.2) is 0 Å². The SMILES string of the molecule is CCc1ncncn1.c1cnnnc1. The molecule has 0 bridgehead atoms. The van der Waals surface area contributed by atoms with Crippen LogP contribution in [0, 0.1) is 0 Å². The highest BCUT2D eigenvalue weighted by Gasteiger charge is 1.84. The molecule has 6 heteroatoms. The molecule has 0 N–H and O–H groups in total. The summed E-state index contributed by atoms with van der Waals surface area (Å²) in [5.74, 6) is 0.847. The molecule has 2 heterocycles. The Kier molecular flexibility index (Phi) is 4.71. The Morgan fingerprint density at radius 1 is 1.07 bits per heavy atom. The fourth-order valence-electron chi connectivity index (χ4n) is 0.651. The standard InChI is InChI=1S/C5H7N3.C3H3N3/c1-2-5-7-3-6-4-8-5;1-2-4-6-5-3-1/h3-4H,2H2,1H3;1-3H. The Labute approximate surface area is 81.5 Å². The van der Waals surface area contributed by atoms with E-state index in [1.807, 2.05) is 6.92 Å². The van der Waals surface area contributed by atoms with Gasteiger partial charge in [0, 0.05) is 6.42 Å². The molecule has 0 aliphatic rings. The average molecular weight is 190 g/mol. The van der Waals surface area contributed by atoms with Crippen LogP contribution in [0.25, 0.3) is 0 Å². The lowest BCUT2D eigenvalue weighted by Gasteiger charge is -1.87. The highest BCUT2D eigenvalue weighted by atomic mass is 15.3. The molecule has 0 aliphatic heterocycles. The van der Waals surface area contributed by atoms with Crippen molar-refractivity contribution in [3.63, 3.8) is 0 Å². The first-order chi connectivity index (χ1) is 6.93. The van der Waals surface area contributed by atoms with Gasteiger partial charge in [0.1, 0.15) is 18.5 Å². The summed E-state index contributed by atoms with van der Waals surface area (Å²) in [5, 5.41) is 10.1. The summed E-state index contributed by atoms with van der Waals surface area (Å²) < 4.78 is 0. The monoisotopic (exact) mass is 190 g/mol. The Hall–Kier alpha value is -1.98. The van der Waals surface area contributed by atoms with Crippen molar-refractivity contribution in [1.29, 1.82) is 0 Å². The molecular weight excluding hydrogens is 180 g/mol. The van der Waals surface area contributed by atoms with Crippen molar-refractivity contribution in [2.75, 3.05) is 0 Å². The predicted octanol–water partition coefficient (Wildman–Crippen LogP) is 0.306. The van der Waals surface area contributed by atoms with E-state index in [2.05, 4.69) is 30.4 Å². The van der Waals surface area contributed by atoms with Crippen LogP contribution in [0.3, 0.4) is 0 Å². The zero-order chi connectivity index (χ0) is 10.1. The smallest absolute Gasteiger partial charge is 0.131 e. The second-order valence-electron chi connectivity index (χ2n) is 2.22. The molecule has 0 fully saturated rings. The summed E-state index contributed by atoms with van der Waals surface area (Å²) in [6.07, 6.45) is 7.04. The largest absolute Gasteiger partial charge is 0.225 e. The van der Waals surface area contributed by atoms with E-state index in [-0.39, 0.29) is 0 Å². The number of hydrogen-bond donors (Lipinski definition) is 0. The number of hydrogen-bond acceptors (Lipinski definition) is 6. The molecule has 0 saturated carbocycles. The highest BCUT2D eigenvalue weighted by Crippen LogP contribution is 1.82. The van der Waals surface area contributed by atoms with E-state index in [1.54, 1.807) is 18.5 Å². The lowest BCUT2D eigenvalue weighted by molar-refractivity contribution is 0.865. The summed E-state index contributed by atoms with van der Waals surface area (Å²) in [6, 6.07) is 1.72. The van der Waals surface area contributed by atoms with Crippen molar-refractivity contribution in [3.8, 4) is 0 Å². The molecule has 0 aliphatic carbocycles. The van der Waals surface area contributed by atoms with Crippen LogP contribution in [0.4, 0.5) is 0 Å². The van der Waals surface area contributed by atoms with Crippen LogP contribution in [-0.2, 0) is 6.42 Å². The Morgan fingerprint density at radius 2 is 1.71 bits per heavy atom. The van der Waals surface area contributed by atoms with Crippen LogP contribution in [-0.4, -0.2) is 30.4 Å². The van der Waals surface area contributed by atoms with Crippen molar-refractivity contribution >= 4 is 0 Å².